The van der Waals surface area contributed by atoms with E-state index in [9.17, 15) is 5.11 Å². The third-order valence-electron chi connectivity index (χ3n) is 2.82. The van der Waals surface area contributed by atoms with Gasteiger partial charge in [0.15, 0.2) is 0 Å². The first-order chi connectivity index (χ1) is 8.69. The molecule has 3 heteroatoms. The van der Waals surface area contributed by atoms with Crippen molar-refractivity contribution >= 4 is 15.9 Å². The standard InChI is InChI=1S/C15H15BrO2/c1-18-14-7-5-11(6-8-14)9-15(17)12-3-2-4-13(16)10-12/h2-8,10,15,17H,9H2,1H3. The molecule has 0 aromatic heterocycles. The summed E-state index contributed by atoms with van der Waals surface area (Å²) in [6, 6.07) is 15.5. The second-order valence-electron chi connectivity index (χ2n) is 4.12. The van der Waals surface area contributed by atoms with Crippen LogP contribution in [0.2, 0.25) is 0 Å². The van der Waals surface area contributed by atoms with Crippen molar-refractivity contribution < 1.29 is 9.84 Å². The van der Waals surface area contributed by atoms with Crippen molar-refractivity contribution in [2.75, 3.05) is 7.11 Å². The lowest BCUT2D eigenvalue weighted by Gasteiger charge is -2.11. The average molecular weight is 307 g/mol. The second kappa shape index (κ2) is 6.03. The van der Waals surface area contributed by atoms with E-state index in [4.69, 9.17) is 4.74 Å². The van der Waals surface area contributed by atoms with E-state index in [1.54, 1.807) is 7.11 Å². The highest BCUT2D eigenvalue weighted by molar-refractivity contribution is 9.10. The lowest BCUT2D eigenvalue weighted by molar-refractivity contribution is 0.178. The van der Waals surface area contributed by atoms with E-state index in [-0.39, 0.29) is 0 Å². The molecule has 0 aliphatic heterocycles. The molecule has 0 aliphatic rings. The highest BCUT2D eigenvalue weighted by Gasteiger charge is 2.08. The van der Waals surface area contributed by atoms with Gasteiger partial charge in [-0.3, -0.25) is 0 Å². The zero-order chi connectivity index (χ0) is 13.0. The molecule has 0 amide bonds. The topological polar surface area (TPSA) is 29.5 Å². The molecule has 2 rings (SSSR count). The molecule has 2 aromatic carbocycles. The van der Waals surface area contributed by atoms with E-state index in [1.807, 2.05) is 48.5 Å². The van der Waals surface area contributed by atoms with Crippen LogP contribution in [0.25, 0.3) is 0 Å². The molecule has 0 heterocycles. The Morgan fingerprint density at radius 3 is 2.50 bits per heavy atom. The van der Waals surface area contributed by atoms with Crippen LogP contribution in [0.3, 0.4) is 0 Å². The number of methoxy groups -OCH3 is 1. The van der Waals surface area contributed by atoms with Gasteiger partial charge in [-0.05, 0) is 35.4 Å². The SMILES string of the molecule is COc1ccc(CC(O)c2cccc(Br)c2)cc1. The van der Waals surface area contributed by atoms with Crippen molar-refractivity contribution in [2.45, 2.75) is 12.5 Å². The molecule has 0 fully saturated rings. The number of aliphatic hydroxyl groups is 1. The van der Waals surface area contributed by atoms with Crippen molar-refractivity contribution in [2.24, 2.45) is 0 Å². The quantitative estimate of drug-likeness (QED) is 0.932. The lowest BCUT2D eigenvalue weighted by Crippen LogP contribution is -2.01. The maximum Gasteiger partial charge on any atom is 0.118 e. The molecule has 2 aromatic rings. The summed E-state index contributed by atoms with van der Waals surface area (Å²) in [4.78, 5) is 0. The van der Waals surface area contributed by atoms with Crippen LogP contribution in [0.15, 0.2) is 53.0 Å². The van der Waals surface area contributed by atoms with Crippen molar-refractivity contribution in [3.8, 4) is 5.75 Å². The molecule has 0 saturated carbocycles. The third-order valence-corrected chi connectivity index (χ3v) is 3.31. The largest absolute Gasteiger partial charge is 0.497 e. The van der Waals surface area contributed by atoms with Crippen LogP contribution in [-0.4, -0.2) is 12.2 Å². The van der Waals surface area contributed by atoms with Gasteiger partial charge < -0.3 is 9.84 Å². The van der Waals surface area contributed by atoms with Crippen LogP contribution in [0, 0.1) is 0 Å². The molecule has 0 bridgehead atoms. The van der Waals surface area contributed by atoms with Gasteiger partial charge in [0.2, 0.25) is 0 Å². The van der Waals surface area contributed by atoms with Crippen LogP contribution >= 0.6 is 15.9 Å². The summed E-state index contributed by atoms with van der Waals surface area (Å²) in [5.41, 5.74) is 2.00. The predicted molar refractivity (Wildman–Crippen MR) is 75.8 cm³/mol. The number of halogens is 1. The Labute approximate surface area is 115 Å². The minimum absolute atomic E-state index is 0.490. The summed E-state index contributed by atoms with van der Waals surface area (Å²) >= 11 is 3.41. The van der Waals surface area contributed by atoms with Crippen molar-refractivity contribution in [3.63, 3.8) is 0 Å². The summed E-state index contributed by atoms with van der Waals surface area (Å²) in [6.07, 6.45) is 0.108. The smallest absolute Gasteiger partial charge is 0.118 e. The van der Waals surface area contributed by atoms with Crippen molar-refractivity contribution in [1.82, 2.24) is 0 Å². The molecular formula is C15H15BrO2. The highest BCUT2D eigenvalue weighted by Crippen LogP contribution is 2.22. The van der Waals surface area contributed by atoms with E-state index >= 15 is 0 Å². The van der Waals surface area contributed by atoms with E-state index in [0.29, 0.717) is 6.42 Å². The van der Waals surface area contributed by atoms with Gasteiger partial charge in [-0.25, -0.2) is 0 Å². The van der Waals surface area contributed by atoms with Crippen LogP contribution in [0.5, 0.6) is 5.75 Å². The Morgan fingerprint density at radius 1 is 1.17 bits per heavy atom. The number of hydrogen-bond donors (Lipinski definition) is 1. The minimum atomic E-state index is -0.490. The molecule has 1 atom stereocenters. The fraction of sp³-hybridized carbons (Fsp3) is 0.200. The normalized spacial score (nSPS) is 12.2. The first-order valence-corrected chi connectivity index (χ1v) is 6.55. The first kappa shape index (κ1) is 13.1. The van der Waals surface area contributed by atoms with E-state index in [2.05, 4.69) is 15.9 Å². The number of benzene rings is 2. The summed E-state index contributed by atoms with van der Waals surface area (Å²) in [6.45, 7) is 0. The monoisotopic (exact) mass is 306 g/mol. The van der Waals surface area contributed by atoms with Gasteiger partial charge in [0.1, 0.15) is 5.75 Å². The molecule has 1 N–H and O–H groups in total. The maximum absolute atomic E-state index is 10.2. The van der Waals surface area contributed by atoms with Gasteiger partial charge in [0, 0.05) is 10.9 Å². The summed E-state index contributed by atoms with van der Waals surface area (Å²) in [5.74, 6) is 0.829. The molecule has 1 unspecified atom stereocenters. The van der Waals surface area contributed by atoms with E-state index < -0.39 is 6.10 Å². The van der Waals surface area contributed by atoms with Crippen LogP contribution in [0.4, 0.5) is 0 Å². The van der Waals surface area contributed by atoms with Gasteiger partial charge in [0.05, 0.1) is 13.2 Å². The average Bonchev–Trinajstić information content (AvgIpc) is 2.39. The van der Waals surface area contributed by atoms with Crippen LogP contribution < -0.4 is 4.74 Å². The molecule has 0 radical (unpaired) electrons. The minimum Gasteiger partial charge on any atom is -0.497 e. The Balaban J connectivity index is 2.08. The molecule has 94 valence electrons. The van der Waals surface area contributed by atoms with Gasteiger partial charge in [0.25, 0.3) is 0 Å². The summed E-state index contributed by atoms with van der Waals surface area (Å²) in [7, 11) is 1.64. The van der Waals surface area contributed by atoms with E-state index in [0.717, 1.165) is 21.3 Å². The zero-order valence-electron chi connectivity index (χ0n) is 10.1. The number of rotatable bonds is 4. The predicted octanol–water partition coefficient (Wildman–Crippen LogP) is 3.73. The van der Waals surface area contributed by atoms with Crippen molar-refractivity contribution in [1.29, 1.82) is 0 Å². The van der Waals surface area contributed by atoms with Gasteiger partial charge in [-0.1, -0.05) is 40.2 Å². The fourth-order valence-corrected chi connectivity index (χ4v) is 2.23. The zero-order valence-corrected chi connectivity index (χ0v) is 11.7. The molecule has 0 saturated heterocycles. The Hall–Kier alpha value is -1.32. The molecule has 18 heavy (non-hydrogen) atoms. The van der Waals surface area contributed by atoms with Gasteiger partial charge in [-0.15, -0.1) is 0 Å². The molecule has 0 aliphatic carbocycles. The third kappa shape index (κ3) is 3.34. The summed E-state index contributed by atoms with van der Waals surface area (Å²) < 4.78 is 6.09. The van der Waals surface area contributed by atoms with Gasteiger partial charge in [-0.2, -0.15) is 0 Å². The lowest BCUT2D eigenvalue weighted by atomic mass is 10.0. The Bertz CT molecular complexity index is 508. The Morgan fingerprint density at radius 2 is 1.89 bits per heavy atom. The second-order valence-corrected chi connectivity index (χ2v) is 5.04. The number of ether oxygens (including phenoxy) is 1. The van der Waals surface area contributed by atoms with Gasteiger partial charge >= 0.3 is 0 Å². The number of aliphatic hydroxyl groups excluding tert-OH is 1. The van der Waals surface area contributed by atoms with E-state index in [1.165, 1.54) is 0 Å². The van der Waals surface area contributed by atoms with Crippen LogP contribution in [-0.2, 0) is 6.42 Å². The molecule has 0 spiro atoms. The highest BCUT2D eigenvalue weighted by atomic mass is 79.9. The summed E-state index contributed by atoms with van der Waals surface area (Å²) in [5, 5.41) is 10.2. The number of hydrogen-bond acceptors (Lipinski definition) is 2. The van der Waals surface area contributed by atoms with Crippen molar-refractivity contribution in [3.05, 3.63) is 64.1 Å². The van der Waals surface area contributed by atoms with Crippen LogP contribution in [0.1, 0.15) is 17.2 Å². The molecule has 2 nitrogen and oxygen atoms in total. The molecular weight excluding hydrogens is 292 g/mol. The Kier molecular flexibility index (Phi) is 4.39. The fourth-order valence-electron chi connectivity index (χ4n) is 1.82. The first-order valence-electron chi connectivity index (χ1n) is 5.75. The maximum atomic E-state index is 10.2.